The molecule has 0 amide bonds. The fourth-order valence-corrected chi connectivity index (χ4v) is 3.95. The Morgan fingerprint density at radius 2 is 2.07 bits per heavy atom. The van der Waals surface area contributed by atoms with Gasteiger partial charge >= 0.3 is 5.97 Å². The maximum absolute atomic E-state index is 11.2. The maximum atomic E-state index is 11.2. The van der Waals surface area contributed by atoms with E-state index in [9.17, 15) is 9.90 Å². The summed E-state index contributed by atoms with van der Waals surface area (Å²) in [5, 5.41) is 11.1. The summed E-state index contributed by atoms with van der Waals surface area (Å²) in [6.07, 6.45) is 8.63. The molecule has 0 aromatic heterocycles. The van der Waals surface area contributed by atoms with E-state index in [0.717, 1.165) is 28.5 Å². The molecule has 4 heterocycles. The molecule has 5 rings (SSSR count). The monoisotopic (exact) mass is 409 g/mol. The van der Waals surface area contributed by atoms with Gasteiger partial charge in [0, 0.05) is 37.6 Å². The number of aliphatic imine (C=N–C) groups is 2. The van der Waals surface area contributed by atoms with E-state index in [4.69, 9.17) is 14.5 Å². The second-order valence-corrected chi connectivity index (χ2v) is 7.58. The number of rotatable bonds is 5. The molecule has 4 aliphatic rings. The maximum Gasteiger partial charge on any atom is 0.306 e. The number of fused-ring (bicyclic) bond motifs is 2. The number of carboxylic acids is 1. The molecular formula is C21H23N5O4. The number of piperidine rings is 1. The minimum absolute atomic E-state index is 0.260. The average molecular weight is 409 g/mol. The Bertz CT molecular complexity index is 962. The largest absolute Gasteiger partial charge is 0.481 e. The molecule has 0 saturated carbocycles. The number of hydrogen-bond acceptors (Lipinski definition) is 8. The van der Waals surface area contributed by atoms with E-state index in [0.29, 0.717) is 32.5 Å². The summed E-state index contributed by atoms with van der Waals surface area (Å²) in [6, 6.07) is 5.89. The highest BCUT2D eigenvalue weighted by Crippen LogP contribution is 2.32. The lowest BCUT2D eigenvalue weighted by Crippen LogP contribution is -2.46. The van der Waals surface area contributed by atoms with Crippen molar-refractivity contribution in [2.75, 3.05) is 19.9 Å². The van der Waals surface area contributed by atoms with Crippen molar-refractivity contribution >= 4 is 18.0 Å². The lowest BCUT2D eigenvalue weighted by molar-refractivity contribution is -0.143. The quantitative estimate of drug-likeness (QED) is 0.764. The van der Waals surface area contributed by atoms with E-state index >= 15 is 0 Å². The Hall–Kier alpha value is -3.17. The van der Waals surface area contributed by atoms with Crippen LogP contribution in [0.15, 0.2) is 52.1 Å². The first-order valence-corrected chi connectivity index (χ1v) is 10.1. The third kappa shape index (κ3) is 3.69. The minimum Gasteiger partial charge on any atom is -0.481 e. The standard InChI is InChI=1S/C21H23N5O4/c27-20(28)15-5-8-25(9-6-15)21-22-12-16-2-1-7-26(19(16)24-21)23-11-14-3-4-17-18(10-14)30-13-29-17/h1-4,7,10,12,15,21,23H,5-6,8-9,11,13H2,(H,27,28). The van der Waals surface area contributed by atoms with Crippen LogP contribution in [0.5, 0.6) is 11.5 Å². The van der Waals surface area contributed by atoms with Crippen molar-refractivity contribution in [3.63, 3.8) is 0 Å². The van der Waals surface area contributed by atoms with Crippen LogP contribution in [0, 0.1) is 5.92 Å². The number of hydrazine groups is 1. The normalized spacial score (nSPS) is 23.2. The molecule has 1 atom stereocenters. The fraction of sp³-hybridized carbons (Fsp3) is 0.381. The molecule has 0 spiro atoms. The predicted octanol–water partition coefficient (Wildman–Crippen LogP) is 1.74. The molecule has 0 bridgehead atoms. The topological polar surface area (TPSA) is 99.0 Å². The van der Waals surface area contributed by atoms with E-state index in [2.05, 4.69) is 15.3 Å². The lowest BCUT2D eigenvalue weighted by atomic mass is 9.97. The van der Waals surface area contributed by atoms with Crippen molar-refractivity contribution in [3.05, 3.63) is 47.7 Å². The van der Waals surface area contributed by atoms with Gasteiger partial charge in [0.2, 0.25) is 6.79 Å². The summed E-state index contributed by atoms with van der Waals surface area (Å²) in [4.78, 5) is 22.8. The Kier molecular flexibility index (Phi) is 4.97. The highest BCUT2D eigenvalue weighted by atomic mass is 16.7. The van der Waals surface area contributed by atoms with Crippen molar-refractivity contribution in [2.24, 2.45) is 15.9 Å². The van der Waals surface area contributed by atoms with Crippen LogP contribution in [0.2, 0.25) is 0 Å². The molecule has 1 aromatic rings. The smallest absolute Gasteiger partial charge is 0.306 e. The van der Waals surface area contributed by atoms with Gasteiger partial charge in [0.05, 0.1) is 5.92 Å². The first kappa shape index (κ1) is 18.8. The molecule has 0 radical (unpaired) electrons. The SMILES string of the molecule is O=C(O)C1CCN(C2N=CC3=CC=CN(NCc4ccc5c(c4)OCO5)C3=N2)CC1. The van der Waals surface area contributed by atoms with Crippen molar-refractivity contribution in [1.82, 2.24) is 15.3 Å². The summed E-state index contributed by atoms with van der Waals surface area (Å²) in [6.45, 7) is 2.21. The van der Waals surface area contributed by atoms with E-state index in [1.165, 1.54) is 0 Å². The predicted molar refractivity (Wildman–Crippen MR) is 110 cm³/mol. The fourth-order valence-electron chi connectivity index (χ4n) is 3.95. The number of nitrogens with zero attached hydrogens (tertiary/aromatic N) is 4. The number of allylic oxidation sites excluding steroid dienone is 2. The zero-order chi connectivity index (χ0) is 20.5. The van der Waals surface area contributed by atoms with Crippen LogP contribution < -0.4 is 14.9 Å². The summed E-state index contributed by atoms with van der Waals surface area (Å²) < 4.78 is 10.8. The summed E-state index contributed by atoms with van der Waals surface area (Å²) in [7, 11) is 0. The highest BCUT2D eigenvalue weighted by Gasteiger charge is 2.30. The van der Waals surface area contributed by atoms with Crippen molar-refractivity contribution < 1.29 is 19.4 Å². The number of aliphatic carboxylic acids is 1. The number of ether oxygens (including phenoxy) is 2. The first-order valence-electron chi connectivity index (χ1n) is 10.1. The van der Waals surface area contributed by atoms with Crippen LogP contribution in [-0.2, 0) is 11.3 Å². The summed E-state index contributed by atoms with van der Waals surface area (Å²) in [5.41, 5.74) is 5.40. The van der Waals surface area contributed by atoms with Gasteiger partial charge in [-0.1, -0.05) is 6.07 Å². The van der Waals surface area contributed by atoms with Crippen LogP contribution in [-0.4, -0.2) is 59.2 Å². The van der Waals surface area contributed by atoms with Crippen molar-refractivity contribution in [1.29, 1.82) is 0 Å². The second kappa shape index (κ2) is 7.92. The van der Waals surface area contributed by atoms with E-state index in [1.54, 1.807) is 0 Å². The summed E-state index contributed by atoms with van der Waals surface area (Å²) in [5.74, 6) is 1.35. The number of amidine groups is 1. The van der Waals surface area contributed by atoms with Crippen LogP contribution in [0.3, 0.4) is 0 Å². The number of nitrogens with one attached hydrogen (secondary N) is 1. The van der Waals surface area contributed by atoms with Gasteiger partial charge in [0.15, 0.2) is 23.6 Å². The van der Waals surface area contributed by atoms with Gasteiger partial charge in [-0.25, -0.2) is 10.4 Å². The van der Waals surface area contributed by atoms with E-state index in [1.807, 2.05) is 47.8 Å². The Balaban J connectivity index is 1.26. The molecule has 1 aromatic carbocycles. The van der Waals surface area contributed by atoms with E-state index < -0.39 is 5.97 Å². The molecule has 1 saturated heterocycles. The molecule has 30 heavy (non-hydrogen) atoms. The zero-order valence-corrected chi connectivity index (χ0v) is 16.4. The van der Waals surface area contributed by atoms with Gasteiger partial charge in [0.1, 0.15) is 0 Å². The van der Waals surface area contributed by atoms with Gasteiger partial charge < -0.3 is 14.6 Å². The lowest BCUT2D eigenvalue weighted by Gasteiger charge is -2.35. The number of likely N-dealkylation sites (tertiary alicyclic amines) is 1. The number of carboxylic acid groups (broad SMARTS) is 1. The Morgan fingerprint density at radius 3 is 2.90 bits per heavy atom. The Labute approximate surface area is 174 Å². The van der Waals surface area contributed by atoms with Gasteiger partial charge in [-0.15, -0.1) is 0 Å². The molecule has 156 valence electrons. The molecule has 2 N–H and O–H groups in total. The second-order valence-electron chi connectivity index (χ2n) is 7.58. The van der Waals surface area contributed by atoms with Crippen molar-refractivity contribution in [3.8, 4) is 11.5 Å². The number of hydrogen-bond donors (Lipinski definition) is 2. The molecular weight excluding hydrogens is 386 g/mol. The van der Waals surface area contributed by atoms with Crippen LogP contribution in [0.4, 0.5) is 0 Å². The van der Waals surface area contributed by atoms with Crippen LogP contribution in [0.25, 0.3) is 0 Å². The summed E-state index contributed by atoms with van der Waals surface area (Å²) >= 11 is 0. The molecule has 1 fully saturated rings. The molecule has 9 heteroatoms. The highest BCUT2D eigenvalue weighted by molar-refractivity contribution is 6.17. The molecule has 9 nitrogen and oxygen atoms in total. The number of benzene rings is 1. The average Bonchev–Trinajstić information content (AvgIpc) is 3.25. The molecule has 4 aliphatic heterocycles. The first-order chi connectivity index (χ1) is 14.7. The van der Waals surface area contributed by atoms with E-state index in [-0.39, 0.29) is 19.0 Å². The van der Waals surface area contributed by atoms with Crippen LogP contribution in [0.1, 0.15) is 18.4 Å². The number of carbonyl (C=O) groups is 1. The van der Waals surface area contributed by atoms with Crippen molar-refractivity contribution in [2.45, 2.75) is 25.7 Å². The van der Waals surface area contributed by atoms with Gasteiger partial charge in [0.25, 0.3) is 0 Å². The van der Waals surface area contributed by atoms with Gasteiger partial charge in [-0.3, -0.25) is 19.7 Å². The Morgan fingerprint density at radius 1 is 1.23 bits per heavy atom. The third-order valence-corrected chi connectivity index (χ3v) is 5.68. The van der Waals surface area contributed by atoms with Gasteiger partial charge in [-0.05, 0) is 42.7 Å². The molecule has 1 unspecified atom stereocenters. The molecule has 0 aliphatic carbocycles. The zero-order valence-electron chi connectivity index (χ0n) is 16.4. The minimum atomic E-state index is -0.713. The third-order valence-electron chi connectivity index (χ3n) is 5.68. The van der Waals surface area contributed by atoms with Gasteiger partial charge in [-0.2, -0.15) is 0 Å². The van der Waals surface area contributed by atoms with Crippen LogP contribution >= 0.6 is 0 Å².